The number of benzene rings is 1. The fourth-order valence-electron chi connectivity index (χ4n) is 2.66. The largest absolute Gasteiger partial charge is 0.389 e. The second-order valence-electron chi connectivity index (χ2n) is 5.48. The number of aliphatic hydroxyl groups is 1. The molecule has 1 aromatic carbocycles. The molecule has 2 rings (SSSR count). The maximum Gasteiger partial charge on any atom is 0.227 e. The summed E-state index contributed by atoms with van der Waals surface area (Å²) in [7, 11) is 0. The monoisotopic (exact) mass is 261 g/mol. The van der Waals surface area contributed by atoms with Crippen molar-refractivity contribution >= 4 is 11.6 Å². The lowest BCUT2D eigenvalue weighted by Crippen LogP contribution is -2.22. The summed E-state index contributed by atoms with van der Waals surface area (Å²) < 4.78 is 0. The molecule has 0 bridgehead atoms. The average Bonchev–Trinajstić information content (AvgIpc) is 2.68. The van der Waals surface area contributed by atoms with Crippen LogP contribution in [0.3, 0.4) is 0 Å². The number of amides is 1. The molecule has 3 heteroatoms. The van der Waals surface area contributed by atoms with Gasteiger partial charge < -0.3 is 10.4 Å². The van der Waals surface area contributed by atoms with Gasteiger partial charge in [0.25, 0.3) is 0 Å². The van der Waals surface area contributed by atoms with Crippen molar-refractivity contribution in [3.05, 3.63) is 29.8 Å². The van der Waals surface area contributed by atoms with E-state index >= 15 is 0 Å². The van der Waals surface area contributed by atoms with Crippen LogP contribution in [0.1, 0.15) is 57.1 Å². The topological polar surface area (TPSA) is 49.3 Å². The van der Waals surface area contributed by atoms with Crippen LogP contribution in [-0.4, -0.2) is 11.0 Å². The van der Waals surface area contributed by atoms with Gasteiger partial charge in [-0.25, -0.2) is 0 Å². The van der Waals surface area contributed by atoms with E-state index in [0.717, 1.165) is 36.9 Å². The van der Waals surface area contributed by atoms with Crippen molar-refractivity contribution in [3.8, 4) is 0 Å². The Hall–Kier alpha value is -1.35. The van der Waals surface area contributed by atoms with Crippen molar-refractivity contribution in [1.29, 1.82) is 0 Å². The third kappa shape index (κ3) is 4.06. The molecule has 3 nitrogen and oxygen atoms in total. The zero-order valence-corrected chi connectivity index (χ0v) is 11.6. The van der Waals surface area contributed by atoms with Crippen LogP contribution < -0.4 is 5.32 Å². The summed E-state index contributed by atoms with van der Waals surface area (Å²) >= 11 is 0. The summed E-state index contributed by atoms with van der Waals surface area (Å²) in [5, 5.41) is 12.5. The molecule has 1 amide bonds. The summed E-state index contributed by atoms with van der Waals surface area (Å²) in [6, 6.07) is 7.45. The molecule has 0 saturated heterocycles. The van der Waals surface area contributed by atoms with Crippen LogP contribution in [0.25, 0.3) is 0 Å². The molecule has 0 radical (unpaired) electrons. The van der Waals surface area contributed by atoms with Crippen molar-refractivity contribution in [3.63, 3.8) is 0 Å². The Morgan fingerprint density at radius 3 is 2.58 bits per heavy atom. The quantitative estimate of drug-likeness (QED) is 0.816. The van der Waals surface area contributed by atoms with Crippen LogP contribution in [0.5, 0.6) is 0 Å². The molecule has 0 aromatic heterocycles. The minimum absolute atomic E-state index is 0.129. The highest BCUT2D eigenvalue weighted by Crippen LogP contribution is 2.25. The minimum Gasteiger partial charge on any atom is -0.389 e. The molecule has 2 N–H and O–H groups in total. The van der Waals surface area contributed by atoms with E-state index in [1.807, 2.05) is 24.3 Å². The fourth-order valence-corrected chi connectivity index (χ4v) is 2.66. The van der Waals surface area contributed by atoms with E-state index in [9.17, 15) is 9.90 Å². The van der Waals surface area contributed by atoms with Gasteiger partial charge in [-0.1, -0.05) is 37.8 Å². The fraction of sp³-hybridized carbons (Fsp3) is 0.562. The molecular weight excluding hydrogens is 238 g/mol. The molecule has 1 unspecified atom stereocenters. The van der Waals surface area contributed by atoms with E-state index in [1.165, 1.54) is 12.8 Å². The molecule has 0 aliphatic heterocycles. The number of aliphatic hydroxyl groups excluding tert-OH is 1. The van der Waals surface area contributed by atoms with Gasteiger partial charge in [0.15, 0.2) is 0 Å². The normalized spacial score (nSPS) is 18.6. The third-order valence-electron chi connectivity index (χ3n) is 3.86. The van der Waals surface area contributed by atoms with E-state index < -0.39 is 6.10 Å². The minimum atomic E-state index is -0.505. The van der Waals surface area contributed by atoms with Crippen LogP contribution in [0.2, 0.25) is 0 Å². The molecule has 1 saturated carbocycles. The van der Waals surface area contributed by atoms with Crippen LogP contribution >= 0.6 is 0 Å². The first kappa shape index (κ1) is 14.1. The highest BCUT2D eigenvalue weighted by Gasteiger charge is 2.20. The molecule has 19 heavy (non-hydrogen) atoms. The average molecular weight is 261 g/mol. The van der Waals surface area contributed by atoms with E-state index in [0.29, 0.717) is 0 Å². The van der Waals surface area contributed by atoms with Gasteiger partial charge in [0.05, 0.1) is 6.10 Å². The molecule has 1 atom stereocenters. The van der Waals surface area contributed by atoms with E-state index in [-0.39, 0.29) is 11.8 Å². The van der Waals surface area contributed by atoms with Crippen molar-refractivity contribution in [1.82, 2.24) is 0 Å². The Kier molecular flexibility index (Phi) is 4.97. The van der Waals surface area contributed by atoms with Gasteiger partial charge in [-0.2, -0.15) is 0 Å². The molecule has 1 aliphatic rings. The lowest BCUT2D eigenvalue weighted by atomic mass is 9.99. The first-order chi connectivity index (χ1) is 9.16. The number of anilines is 1. The molecule has 1 aliphatic carbocycles. The van der Waals surface area contributed by atoms with Crippen molar-refractivity contribution in [2.75, 3.05) is 5.32 Å². The van der Waals surface area contributed by atoms with E-state index in [4.69, 9.17) is 0 Å². The van der Waals surface area contributed by atoms with Crippen LogP contribution in [0.4, 0.5) is 5.69 Å². The zero-order valence-electron chi connectivity index (χ0n) is 11.6. The summed E-state index contributed by atoms with van der Waals surface area (Å²) in [6.07, 6.45) is 6.32. The predicted molar refractivity (Wildman–Crippen MR) is 76.9 cm³/mol. The molecule has 104 valence electrons. The summed E-state index contributed by atoms with van der Waals surface area (Å²) in [5.41, 5.74) is 1.62. The van der Waals surface area contributed by atoms with E-state index in [2.05, 4.69) is 5.32 Å². The Bertz CT molecular complexity index is 421. The van der Waals surface area contributed by atoms with E-state index in [1.54, 1.807) is 6.92 Å². The molecule has 0 spiro atoms. The Labute approximate surface area is 115 Å². The molecule has 1 fully saturated rings. The standard InChI is InChI=1S/C16H23NO2/c1-12(18)14-9-6-10-15(11-14)17-16(19)13-7-4-2-3-5-8-13/h6,9-13,18H,2-5,7-8H2,1H3,(H,17,19). The highest BCUT2D eigenvalue weighted by molar-refractivity contribution is 5.92. The number of hydrogen-bond donors (Lipinski definition) is 2. The number of carbonyl (C=O) groups excluding carboxylic acids is 1. The zero-order chi connectivity index (χ0) is 13.7. The first-order valence-corrected chi connectivity index (χ1v) is 7.25. The first-order valence-electron chi connectivity index (χ1n) is 7.25. The molecule has 0 heterocycles. The van der Waals surface area contributed by atoms with Crippen LogP contribution in [-0.2, 0) is 4.79 Å². The highest BCUT2D eigenvalue weighted by atomic mass is 16.3. The van der Waals surface area contributed by atoms with Gasteiger partial charge in [-0.3, -0.25) is 4.79 Å². The van der Waals surface area contributed by atoms with Gasteiger partial charge >= 0.3 is 0 Å². The number of rotatable bonds is 3. The third-order valence-corrected chi connectivity index (χ3v) is 3.86. The summed E-state index contributed by atoms with van der Waals surface area (Å²) in [6.45, 7) is 1.73. The van der Waals surface area contributed by atoms with Gasteiger partial charge in [-0.15, -0.1) is 0 Å². The predicted octanol–water partition coefficient (Wildman–Crippen LogP) is 3.65. The second kappa shape index (κ2) is 6.71. The smallest absolute Gasteiger partial charge is 0.227 e. The Balaban J connectivity index is 1.99. The Morgan fingerprint density at radius 1 is 1.26 bits per heavy atom. The maximum atomic E-state index is 12.2. The lowest BCUT2D eigenvalue weighted by Gasteiger charge is -2.15. The summed E-state index contributed by atoms with van der Waals surface area (Å²) in [4.78, 5) is 12.2. The lowest BCUT2D eigenvalue weighted by molar-refractivity contribution is -0.120. The Morgan fingerprint density at radius 2 is 1.95 bits per heavy atom. The molecule has 1 aromatic rings. The van der Waals surface area contributed by atoms with Gasteiger partial charge in [-0.05, 0) is 37.5 Å². The van der Waals surface area contributed by atoms with Crippen molar-refractivity contribution < 1.29 is 9.90 Å². The summed E-state index contributed by atoms with van der Waals surface area (Å²) in [5.74, 6) is 0.280. The maximum absolute atomic E-state index is 12.2. The molecular formula is C16H23NO2. The van der Waals surface area contributed by atoms with Gasteiger partial charge in [0.2, 0.25) is 5.91 Å². The SMILES string of the molecule is CC(O)c1cccc(NC(=O)C2CCCCCC2)c1. The van der Waals surface area contributed by atoms with Gasteiger partial charge in [0.1, 0.15) is 0 Å². The number of nitrogens with one attached hydrogen (secondary N) is 1. The van der Waals surface area contributed by atoms with Crippen molar-refractivity contribution in [2.24, 2.45) is 5.92 Å². The van der Waals surface area contributed by atoms with Crippen LogP contribution in [0, 0.1) is 5.92 Å². The number of hydrogen-bond acceptors (Lipinski definition) is 2. The van der Waals surface area contributed by atoms with Crippen LogP contribution in [0.15, 0.2) is 24.3 Å². The number of carbonyl (C=O) groups is 1. The second-order valence-corrected chi connectivity index (χ2v) is 5.48. The van der Waals surface area contributed by atoms with Crippen molar-refractivity contribution in [2.45, 2.75) is 51.6 Å². The van der Waals surface area contributed by atoms with Gasteiger partial charge in [0, 0.05) is 11.6 Å².